The summed E-state index contributed by atoms with van der Waals surface area (Å²) in [5.74, 6) is 0. The zero-order chi connectivity index (χ0) is 27.2. The van der Waals surface area contributed by atoms with Crippen LogP contribution in [0.1, 0.15) is 26.5 Å². The number of ether oxygens (including phenoxy) is 1. The van der Waals surface area contributed by atoms with Gasteiger partial charge in [-0.15, -0.1) is 0 Å². The largest absolute Gasteiger partial charge is 0.464 e. The molecule has 0 fully saturated rings. The van der Waals surface area contributed by atoms with Gasteiger partial charge in [0, 0.05) is 30.5 Å². The van der Waals surface area contributed by atoms with E-state index in [9.17, 15) is 24.3 Å². The van der Waals surface area contributed by atoms with Crippen molar-refractivity contribution in [2.45, 2.75) is 39.5 Å². The van der Waals surface area contributed by atoms with Gasteiger partial charge < -0.3 is 19.7 Å². The first-order valence-electron chi connectivity index (χ1n) is 11.1. The molecule has 0 aliphatic rings. The summed E-state index contributed by atoms with van der Waals surface area (Å²) in [4.78, 5) is 55.0. The van der Waals surface area contributed by atoms with Crippen LogP contribution in [0.3, 0.4) is 0 Å². The van der Waals surface area contributed by atoms with Crippen molar-refractivity contribution in [3.8, 4) is 0 Å². The van der Waals surface area contributed by atoms with Crippen molar-refractivity contribution < 1.29 is 19.4 Å². The summed E-state index contributed by atoms with van der Waals surface area (Å²) in [5, 5.41) is 13.3. The van der Waals surface area contributed by atoms with Crippen LogP contribution >= 0.6 is 27.5 Å². The monoisotopic (exact) mass is 594 g/mol. The van der Waals surface area contributed by atoms with E-state index >= 15 is 0 Å². The van der Waals surface area contributed by atoms with E-state index in [1.165, 1.54) is 16.2 Å². The van der Waals surface area contributed by atoms with Crippen LogP contribution in [0.2, 0.25) is 5.02 Å². The van der Waals surface area contributed by atoms with E-state index in [4.69, 9.17) is 16.3 Å². The number of halogens is 2. The zero-order valence-electron chi connectivity index (χ0n) is 20.4. The summed E-state index contributed by atoms with van der Waals surface area (Å²) in [7, 11) is 1.47. The summed E-state index contributed by atoms with van der Waals surface area (Å²) in [6.45, 7) is 5.17. The van der Waals surface area contributed by atoms with Crippen molar-refractivity contribution >= 4 is 61.8 Å². The van der Waals surface area contributed by atoms with Crippen LogP contribution in [-0.2, 0) is 24.9 Å². The molecule has 0 saturated carbocycles. The predicted molar refractivity (Wildman–Crippen MR) is 141 cm³/mol. The number of alkyl carbamates (subject to hydrolysis) is 1. The van der Waals surface area contributed by atoms with E-state index in [1.807, 2.05) is 0 Å². The normalized spacial score (nSPS) is 11.8. The molecule has 0 atom stereocenters. The Balaban J connectivity index is 1.77. The number of carbonyl (C=O) groups excluding carboxylic acids is 1. The lowest BCUT2D eigenvalue weighted by Crippen LogP contribution is -2.40. The standard InChI is InChI=1S/C23H24BrClN6O6/c1-23(2,3)37-20(33)26-8-9-29-16-17(27-19(29)24)28(4)21(34)30(18(16)32)11-12-10-13-14(25)6-5-7-15(13)31(12)22(35)36/h5-7,10H,8-9,11H2,1-4H3,(H,26,33)(H,35,36). The minimum absolute atomic E-state index is 0.107. The number of aromatic nitrogens is 5. The molecule has 0 aliphatic heterocycles. The molecule has 0 radical (unpaired) electrons. The fraction of sp³-hybridized carbons (Fsp3) is 0.348. The third kappa shape index (κ3) is 5.01. The van der Waals surface area contributed by atoms with Crippen molar-refractivity contribution in [2.24, 2.45) is 7.05 Å². The topological polar surface area (TPSA) is 142 Å². The van der Waals surface area contributed by atoms with Gasteiger partial charge in [-0.05, 0) is 54.9 Å². The lowest BCUT2D eigenvalue weighted by atomic mass is 10.2. The Morgan fingerprint density at radius 3 is 2.57 bits per heavy atom. The van der Waals surface area contributed by atoms with E-state index < -0.39 is 29.0 Å². The molecule has 37 heavy (non-hydrogen) atoms. The molecule has 1 aromatic carbocycles. The first-order chi connectivity index (χ1) is 17.3. The van der Waals surface area contributed by atoms with Gasteiger partial charge in [0.05, 0.1) is 17.8 Å². The van der Waals surface area contributed by atoms with Gasteiger partial charge in [-0.25, -0.2) is 23.9 Å². The average Bonchev–Trinajstić information content (AvgIpc) is 3.33. The number of amides is 1. The van der Waals surface area contributed by atoms with E-state index in [1.54, 1.807) is 45.0 Å². The molecule has 2 N–H and O–H groups in total. The Morgan fingerprint density at radius 1 is 1.22 bits per heavy atom. The molecule has 1 amide bonds. The molecule has 0 spiro atoms. The Morgan fingerprint density at radius 2 is 1.92 bits per heavy atom. The number of rotatable bonds is 5. The van der Waals surface area contributed by atoms with Crippen LogP contribution in [0.4, 0.5) is 9.59 Å². The fourth-order valence-electron chi connectivity index (χ4n) is 4.03. The highest BCUT2D eigenvalue weighted by Gasteiger charge is 2.23. The number of aryl methyl sites for hydroxylation is 1. The van der Waals surface area contributed by atoms with Gasteiger partial charge in [0.15, 0.2) is 15.9 Å². The number of nitrogens with zero attached hydrogens (tertiary/aromatic N) is 5. The lowest BCUT2D eigenvalue weighted by molar-refractivity contribution is 0.0526. The third-order valence-electron chi connectivity index (χ3n) is 5.57. The van der Waals surface area contributed by atoms with Crippen LogP contribution in [0.25, 0.3) is 22.1 Å². The maximum atomic E-state index is 13.6. The number of hydrogen-bond donors (Lipinski definition) is 2. The molecule has 4 aromatic rings. The van der Waals surface area contributed by atoms with Crippen molar-refractivity contribution in [1.29, 1.82) is 0 Å². The molecular weight excluding hydrogens is 572 g/mol. The number of hydrogen-bond acceptors (Lipinski definition) is 6. The Hall–Kier alpha value is -3.58. The van der Waals surface area contributed by atoms with Gasteiger partial charge >= 0.3 is 17.9 Å². The van der Waals surface area contributed by atoms with Crippen molar-refractivity contribution in [3.63, 3.8) is 0 Å². The highest BCUT2D eigenvalue weighted by Crippen LogP contribution is 2.27. The van der Waals surface area contributed by atoms with Crippen LogP contribution < -0.4 is 16.6 Å². The fourth-order valence-corrected chi connectivity index (χ4v) is 4.77. The minimum Gasteiger partial charge on any atom is -0.464 e. The molecule has 0 bridgehead atoms. The number of fused-ring (bicyclic) bond motifs is 2. The maximum Gasteiger partial charge on any atom is 0.416 e. The highest BCUT2D eigenvalue weighted by molar-refractivity contribution is 9.10. The third-order valence-corrected chi connectivity index (χ3v) is 6.50. The van der Waals surface area contributed by atoms with E-state index in [0.29, 0.717) is 15.9 Å². The van der Waals surface area contributed by atoms with Crippen molar-refractivity contribution in [1.82, 2.24) is 28.6 Å². The first kappa shape index (κ1) is 26.5. The Labute approximate surface area is 223 Å². The molecule has 196 valence electrons. The molecular formula is C23H24BrClN6O6. The van der Waals surface area contributed by atoms with E-state index in [2.05, 4.69) is 26.2 Å². The quantitative estimate of drug-likeness (QED) is 0.337. The molecule has 14 heteroatoms. The number of carboxylic acid groups (broad SMARTS) is 1. The van der Waals surface area contributed by atoms with Crippen LogP contribution in [0.15, 0.2) is 38.6 Å². The van der Waals surface area contributed by atoms with Crippen molar-refractivity contribution in [2.75, 3.05) is 6.54 Å². The van der Waals surface area contributed by atoms with Crippen LogP contribution in [0.5, 0.6) is 0 Å². The van der Waals surface area contributed by atoms with Crippen LogP contribution in [-0.4, -0.2) is 52.7 Å². The second kappa shape index (κ2) is 9.71. The predicted octanol–water partition coefficient (Wildman–Crippen LogP) is 3.37. The SMILES string of the molecule is Cn1c(=O)n(Cc2cc3c(Cl)cccc3n2C(=O)O)c(=O)c2c1nc(Br)n2CCNC(=O)OC(C)(C)C. The average molecular weight is 596 g/mol. The smallest absolute Gasteiger partial charge is 0.416 e. The summed E-state index contributed by atoms with van der Waals surface area (Å²) in [6, 6.07) is 6.37. The number of nitrogens with one attached hydrogen (secondary N) is 1. The van der Waals surface area contributed by atoms with Gasteiger partial charge in [0.2, 0.25) is 0 Å². The number of imidazole rings is 1. The van der Waals surface area contributed by atoms with E-state index in [0.717, 1.165) is 9.13 Å². The van der Waals surface area contributed by atoms with Gasteiger partial charge in [0.25, 0.3) is 5.56 Å². The van der Waals surface area contributed by atoms with Gasteiger partial charge in [-0.2, -0.15) is 0 Å². The number of benzene rings is 1. The summed E-state index contributed by atoms with van der Waals surface area (Å²) >= 11 is 9.57. The summed E-state index contributed by atoms with van der Waals surface area (Å²) in [6.07, 6.45) is -1.89. The summed E-state index contributed by atoms with van der Waals surface area (Å²) < 4.78 is 10.2. The Bertz CT molecular complexity index is 1680. The molecule has 3 aromatic heterocycles. The van der Waals surface area contributed by atoms with Crippen molar-refractivity contribution in [3.05, 3.63) is 60.6 Å². The molecule has 0 unspecified atom stereocenters. The second-order valence-corrected chi connectivity index (χ2v) is 10.4. The minimum atomic E-state index is -1.28. The van der Waals surface area contributed by atoms with Gasteiger partial charge in [-0.1, -0.05) is 17.7 Å². The molecule has 3 heterocycles. The Kier molecular flexibility index (Phi) is 6.95. The zero-order valence-corrected chi connectivity index (χ0v) is 22.8. The lowest BCUT2D eigenvalue weighted by Gasteiger charge is -2.19. The first-order valence-corrected chi connectivity index (χ1v) is 12.3. The molecule has 4 rings (SSSR count). The van der Waals surface area contributed by atoms with Crippen LogP contribution in [0, 0.1) is 0 Å². The maximum absolute atomic E-state index is 13.6. The summed E-state index contributed by atoms with van der Waals surface area (Å²) in [5.41, 5.74) is -1.24. The molecule has 12 nitrogen and oxygen atoms in total. The highest BCUT2D eigenvalue weighted by atomic mass is 79.9. The molecule has 0 aliphatic carbocycles. The number of carbonyl (C=O) groups is 2. The van der Waals surface area contributed by atoms with Gasteiger partial charge in [0.1, 0.15) is 5.60 Å². The molecule has 0 saturated heterocycles. The van der Waals surface area contributed by atoms with E-state index in [-0.39, 0.29) is 41.2 Å². The second-order valence-electron chi connectivity index (χ2n) is 9.29. The van der Waals surface area contributed by atoms with Gasteiger partial charge in [-0.3, -0.25) is 13.9 Å².